The molecule has 0 spiro atoms. The number of halogens is 2. The molecule has 1 aliphatic carbocycles. The molecule has 31 heavy (non-hydrogen) atoms. The van der Waals surface area contributed by atoms with Gasteiger partial charge in [-0.25, -0.2) is 9.07 Å². The highest BCUT2D eigenvalue weighted by atomic mass is 35.5. The summed E-state index contributed by atoms with van der Waals surface area (Å²) in [5, 5.41) is 11.1. The lowest BCUT2D eigenvalue weighted by atomic mass is 9.85. The molecule has 0 unspecified atom stereocenters. The van der Waals surface area contributed by atoms with Gasteiger partial charge in [-0.15, -0.1) is 0 Å². The van der Waals surface area contributed by atoms with Crippen molar-refractivity contribution >= 4 is 34.8 Å². The minimum atomic E-state index is -0.441. The third-order valence-electron chi connectivity index (χ3n) is 5.57. The Kier molecular flexibility index (Phi) is 4.82. The summed E-state index contributed by atoms with van der Waals surface area (Å²) in [5.41, 5.74) is 3.18. The molecule has 1 aliphatic heterocycles. The van der Waals surface area contributed by atoms with Crippen molar-refractivity contribution in [1.29, 1.82) is 0 Å². The molecule has 0 fully saturated rings. The molecule has 0 radical (unpaired) electrons. The van der Waals surface area contributed by atoms with E-state index in [0.29, 0.717) is 34.1 Å². The number of carbonyl (C=O) groups is 2. The second-order valence-electron chi connectivity index (χ2n) is 7.56. The van der Waals surface area contributed by atoms with Crippen molar-refractivity contribution in [2.75, 3.05) is 10.6 Å². The fourth-order valence-electron chi connectivity index (χ4n) is 4.11. The maximum Gasteiger partial charge on any atom is 0.261 e. The van der Waals surface area contributed by atoms with Crippen LogP contribution in [0.5, 0.6) is 0 Å². The first-order valence-corrected chi connectivity index (χ1v) is 10.3. The summed E-state index contributed by atoms with van der Waals surface area (Å²) in [4.78, 5) is 25.8. The van der Waals surface area contributed by atoms with Gasteiger partial charge < -0.3 is 10.6 Å². The van der Waals surface area contributed by atoms with Crippen LogP contribution in [0.15, 0.2) is 66.0 Å². The lowest BCUT2D eigenvalue weighted by Crippen LogP contribution is -2.32. The van der Waals surface area contributed by atoms with Crippen LogP contribution in [-0.4, -0.2) is 21.5 Å². The van der Waals surface area contributed by atoms with Crippen LogP contribution < -0.4 is 10.6 Å². The van der Waals surface area contributed by atoms with Gasteiger partial charge in [-0.2, -0.15) is 5.10 Å². The normalized spacial score (nSPS) is 17.6. The Morgan fingerprint density at radius 2 is 1.87 bits per heavy atom. The monoisotopic (exact) mass is 436 g/mol. The van der Waals surface area contributed by atoms with E-state index in [2.05, 4.69) is 15.7 Å². The lowest BCUT2D eigenvalue weighted by molar-refractivity contribution is -0.116. The first-order valence-electron chi connectivity index (χ1n) is 9.94. The smallest absolute Gasteiger partial charge is 0.261 e. The molecule has 2 aliphatic rings. The third-order valence-corrected chi connectivity index (χ3v) is 5.82. The van der Waals surface area contributed by atoms with Crippen LogP contribution in [0.3, 0.4) is 0 Å². The quantitative estimate of drug-likeness (QED) is 0.609. The number of ketones is 1. The highest BCUT2D eigenvalue weighted by molar-refractivity contribution is 6.30. The summed E-state index contributed by atoms with van der Waals surface area (Å²) in [7, 11) is 0. The topological polar surface area (TPSA) is 76.0 Å². The summed E-state index contributed by atoms with van der Waals surface area (Å²) in [6, 6.07) is 12.4. The van der Waals surface area contributed by atoms with Gasteiger partial charge in [0.2, 0.25) is 0 Å². The molecular weight excluding hydrogens is 419 g/mol. The van der Waals surface area contributed by atoms with E-state index in [1.807, 2.05) is 12.1 Å². The molecule has 0 saturated carbocycles. The van der Waals surface area contributed by atoms with Gasteiger partial charge in [0.25, 0.3) is 5.91 Å². The first-order chi connectivity index (χ1) is 15.0. The van der Waals surface area contributed by atoms with Crippen molar-refractivity contribution in [2.45, 2.75) is 25.3 Å². The van der Waals surface area contributed by atoms with Crippen LogP contribution in [0.25, 0.3) is 0 Å². The number of hydrogen-bond acceptors (Lipinski definition) is 4. The highest BCUT2D eigenvalue weighted by Crippen LogP contribution is 2.41. The molecule has 2 heterocycles. The fraction of sp³-hybridized carbons (Fsp3) is 0.174. The van der Waals surface area contributed by atoms with Crippen LogP contribution in [-0.2, 0) is 4.79 Å². The number of Topliss-reactive ketones (excluding diaryl/α,β-unsaturated/α-hetero) is 1. The number of nitrogens with zero attached hydrogens (tertiary/aromatic N) is 2. The van der Waals surface area contributed by atoms with Crippen molar-refractivity contribution in [3.05, 3.63) is 88.0 Å². The molecule has 2 aromatic carbocycles. The molecule has 1 aromatic heterocycles. The molecule has 6 nitrogen and oxygen atoms in total. The zero-order valence-corrected chi connectivity index (χ0v) is 17.1. The average molecular weight is 437 g/mol. The van der Waals surface area contributed by atoms with Crippen molar-refractivity contribution in [3.63, 3.8) is 0 Å². The number of nitrogens with one attached hydrogen (secondary N) is 2. The van der Waals surface area contributed by atoms with E-state index in [4.69, 9.17) is 11.6 Å². The number of aromatic nitrogens is 2. The number of allylic oxidation sites excluding steroid dienone is 2. The van der Waals surface area contributed by atoms with Crippen LogP contribution in [0, 0.1) is 5.82 Å². The lowest BCUT2D eigenvalue weighted by Gasteiger charge is -2.33. The molecule has 0 bridgehead atoms. The molecule has 1 amide bonds. The van der Waals surface area contributed by atoms with Gasteiger partial charge in [0.05, 0.1) is 6.20 Å². The van der Waals surface area contributed by atoms with Gasteiger partial charge >= 0.3 is 0 Å². The van der Waals surface area contributed by atoms with Crippen LogP contribution in [0.1, 0.15) is 41.2 Å². The number of anilines is 2. The van der Waals surface area contributed by atoms with Gasteiger partial charge in [0.1, 0.15) is 23.2 Å². The zero-order chi connectivity index (χ0) is 21.5. The SMILES string of the molecule is O=C1CCCC2=C1[C@@H](c1ccc(Cl)cc1)n1ncc(C(=O)Nc3ccc(F)cc3)c1N2. The van der Waals surface area contributed by atoms with E-state index in [1.54, 1.807) is 16.8 Å². The van der Waals surface area contributed by atoms with Crippen molar-refractivity contribution < 1.29 is 14.0 Å². The largest absolute Gasteiger partial charge is 0.343 e. The molecule has 1 atom stereocenters. The predicted molar refractivity (Wildman–Crippen MR) is 116 cm³/mol. The fourth-order valence-corrected chi connectivity index (χ4v) is 4.24. The highest BCUT2D eigenvalue weighted by Gasteiger charge is 2.37. The maximum atomic E-state index is 13.2. The Balaban J connectivity index is 1.56. The van der Waals surface area contributed by atoms with E-state index >= 15 is 0 Å². The van der Waals surface area contributed by atoms with Crippen LogP contribution >= 0.6 is 11.6 Å². The van der Waals surface area contributed by atoms with Gasteiger partial charge in [-0.05, 0) is 54.8 Å². The summed E-state index contributed by atoms with van der Waals surface area (Å²) in [6.07, 6.45) is 3.44. The minimum absolute atomic E-state index is 0.0761. The number of rotatable bonds is 3. The number of fused-ring (bicyclic) bond motifs is 1. The molecule has 3 aromatic rings. The Morgan fingerprint density at radius 3 is 2.61 bits per heavy atom. The first kappa shape index (κ1) is 19.5. The Labute approximate surface area is 182 Å². The summed E-state index contributed by atoms with van der Waals surface area (Å²) < 4.78 is 14.8. The molecule has 156 valence electrons. The van der Waals surface area contributed by atoms with Gasteiger partial charge in [-0.1, -0.05) is 23.7 Å². The number of amides is 1. The summed E-state index contributed by atoms with van der Waals surface area (Å²) in [5.74, 6) is -0.156. The number of benzene rings is 2. The van der Waals surface area contributed by atoms with Crippen LogP contribution in [0.2, 0.25) is 5.02 Å². The Hall–Kier alpha value is -3.45. The molecular formula is C23H18ClFN4O2. The number of hydrogen-bond donors (Lipinski definition) is 2. The number of carbonyl (C=O) groups excluding carboxylic acids is 2. The molecule has 8 heteroatoms. The molecule has 2 N–H and O–H groups in total. The average Bonchev–Trinajstić information content (AvgIpc) is 3.18. The van der Waals surface area contributed by atoms with Crippen molar-refractivity contribution in [2.24, 2.45) is 0 Å². The standard InChI is InChI=1S/C23H18ClFN4O2/c24-14-6-4-13(5-7-14)21-20-18(2-1-3-19(20)30)28-22-17(12-26-29(21)22)23(31)27-16-10-8-15(25)9-11-16/h4-12,21,28H,1-3H2,(H,27,31)/t21-/m1/s1. The zero-order valence-electron chi connectivity index (χ0n) is 16.4. The van der Waals surface area contributed by atoms with Crippen molar-refractivity contribution in [3.8, 4) is 0 Å². The summed E-state index contributed by atoms with van der Waals surface area (Å²) in [6.45, 7) is 0. The third kappa shape index (κ3) is 3.51. The maximum absolute atomic E-state index is 13.2. The second-order valence-corrected chi connectivity index (χ2v) is 8.00. The Bertz CT molecular complexity index is 1220. The van der Waals surface area contributed by atoms with Gasteiger partial charge in [0, 0.05) is 28.4 Å². The van der Waals surface area contributed by atoms with E-state index in [-0.39, 0.29) is 17.5 Å². The van der Waals surface area contributed by atoms with Crippen molar-refractivity contribution in [1.82, 2.24) is 9.78 Å². The molecule has 0 saturated heterocycles. The summed E-state index contributed by atoms with van der Waals surface area (Å²) >= 11 is 6.06. The van der Waals surface area contributed by atoms with Crippen LogP contribution in [0.4, 0.5) is 15.9 Å². The molecule has 5 rings (SSSR count). The van der Waals surface area contributed by atoms with E-state index in [0.717, 1.165) is 24.1 Å². The van der Waals surface area contributed by atoms with Gasteiger partial charge in [0.15, 0.2) is 5.78 Å². The second kappa shape index (κ2) is 7.67. The Morgan fingerprint density at radius 1 is 1.13 bits per heavy atom. The van der Waals surface area contributed by atoms with E-state index in [9.17, 15) is 14.0 Å². The predicted octanol–water partition coefficient (Wildman–Crippen LogP) is 4.95. The van der Waals surface area contributed by atoms with E-state index < -0.39 is 6.04 Å². The minimum Gasteiger partial charge on any atom is -0.343 e. The van der Waals surface area contributed by atoms with E-state index in [1.165, 1.54) is 30.5 Å². The van der Waals surface area contributed by atoms with Gasteiger partial charge in [-0.3, -0.25) is 9.59 Å².